The molecule has 0 radical (unpaired) electrons. The number of nitrogens with zero attached hydrogens (tertiary/aromatic N) is 1. The minimum atomic E-state index is 1.09. The Balaban J connectivity index is 1.93. The van der Waals surface area contributed by atoms with Crippen LogP contribution in [0.25, 0.3) is 0 Å². The van der Waals surface area contributed by atoms with Crippen LogP contribution in [-0.4, -0.2) is 38.1 Å². The summed E-state index contributed by atoms with van der Waals surface area (Å²) in [7, 11) is 2.18. The molecule has 0 atom stereocenters. The standard InChI is InChI=1S/C12H22N2S/c1-3-8-14(2)9-7-13-6-4-12-5-10-15-11-12/h5,10-11,13H,3-4,6-9H2,1-2H3. The fraction of sp³-hybridized carbons (Fsp3) is 0.667. The van der Waals surface area contributed by atoms with Crippen molar-refractivity contribution >= 4 is 11.3 Å². The molecule has 1 aromatic rings. The quantitative estimate of drug-likeness (QED) is 0.684. The van der Waals surface area contributed by atoms with E-state index in [1.807, 2.05) is 0 Å². The van der Waals surface area contributed by atoms with Gasteiger partial charge in [-0.05, 0) is 55.4 Å². The van der Waals surface area contributed by atoms with Crippen molar-refractivity contribution in [2.45, 2.75) is 19.8 Å². The topological polar surface area (TPSA) is 15.3 Å². The minimum absolute atomic E-state index is 1.09. The Morgan fingerprint density at radius 3 is 2.87 bits per heavy atom. The smallest absolute Gasteiger partial charge is 0.0104 e. The van der Waals surface area contributed by atoms with Crippen LogP contribution in [0.3, 0.4) is 0 Å². The first kappa shape index (κ1) is 12.7. The van der Waals surface area contributed by atoms with Crippen LogP contribution in [0.4, 0.5) is 0 Å². The van der Waals surface area contributed by atoms with Gasteiger partial charge in [-0.3, -0.25) is 0 Å². The van der Waals surface area contributed by atoms with Gasteiger partial charge in [0, 0.05) is 13.1 Å². The molecule has 0 saturated carbocycles. The van der Waals surface area contributed by atoms with Crippen molar-refractivity contribution in [1.82, 2.24) is 10.2 Å². The zero-order chi connectivity index (χ0) is 10.9. The highest BCUT2D eigenvalue weighted by atomic mass is 32.1. The van der Waals surface area contributed by atoms with Crippen LogP contribution >= 0.6 is 11.3 Å². The predicted octanol–water partition coefficient (Wildman–Crippen LogP) is 2.22. The number of hydrogen-bond donors (Lipinski definition) is 1. The van der Waals surface area contributed by atoms with Crippen LogP contribution in [0.1, 0.15) is 18.9 Å². The van der Waals surface area contributed by atoms with Crippen molar-refractivity contribution in [1.29, 1.82) is 0 Å². The van der Waals surface area contributed by atoms with Gasteiger partial charge in [-0.25, -0.2) is 0 Å². The third kappa shape index (κ3) is 5.92. The summed E-state index contributed by atoms with van der Waals surface area (Å²) in [5.41, 5.74) is 1.45. The third-order valence-corrected chi connectivity index (χ3v) is 3.18. The number of hydrogen-bond acceptors (Lipinski definition) is 3. The Morgan fingerprint density at radius 2 is 2.20 bits per heavy atom. The van der Waals surface area contributed by atoms with Gasteiger partial charge in [0.25, 0.3) is 0 Å². The maximum atomic E-state index is 3.48. The summed E-state index contributed by atoms with van der Waals surface area (Å²) in [6.45, 7) is 6.77. The molecule has 0 aliphatic rings. The predicted molar refractivity (Wildman–Crippen MR) is 68.7 cm³/mol. The number of nitrogens with one attached hydrogen (secondary N) is 1. The first-order valence-corrected chi connectivity index (χ1v) is 6.67. The molecule has 1 aromatic heterocycles. The molecular weight excluding hydrogens is 204 g/mol. The molecule has 15 heavy (non-hydrogen) atoms. The fourth-order valence-corrected chi connectivity index (χ4v) is 2.26. The van der Waals surface area contributed by atoms with Gasteiger partial charge < -0.3 is 10.2 Å². The zero-order valence-electron chi connectivity index (χ0n) is 9.83. The van der Waals surface area contributed by atoms with E-state index in [2.05, 4.69) is 41.0 Å². The summed E-state index contributed by atoms with van der Waals surface area (Å²) in [6, 6.07) is 2.20. The first-order chi connectivity index (χ1) is 7.33. The monoisotopic (exact) mass is 226 g/mol. The number of rotatable bonds is 8. The summed E-state index contributed by atoms with van der Waals surface area (Å²) in [5, 5.41) is 7.85. The van der Waals surface area contributed by atoms with E-state index in [0.717, 1.165) is 26.1 Å². The van der Waals surface area contributed by atoms with Crippen LogP contribution in [0.15, 0.2) is 16.8 Å². The van der Waals surface area contributed by atoms with Gasteiger partial charge in [0.05, 0.1) is 0 Å². The van der Waals surface area contributed by atoms with Gasteiger partial charge in [0.1, 0.15) is 0 Å². The second-order valence-electron chi connectivity index (χ2n) is 3.93. The van der Waals surface area contributed by atoms with Gasteiger partial charge in [-0.1, -0.05) is 6.92 Å². The van der Waals surface area contributed by atoms with Crippen molar-refractivity contribution in [2.24, 2.45) is 0 Å². The molecule has 0 aliphatic carbocycles. The number of thiophene rings is 1. The lowest BCUT2D eigenvalue weighted by molar-refractivity contribution is 0.332. The molecule has 0 fully saturated rings. The Bertz CT molecular complexity index is 234. The van der Waals surface area contributed by atoms with E-state index in [4.69, 9.17) is 0 Å². The zero-order valence-corrected chi connectivity index (χ0v) is 10.6. The molecule has 0 aliphatic heterocycles. The van der Waals surface area contributed by atoms with Crippen molar-refractivity contribution in [2.75, 3.05) is 33.2 Å². The summed E-state index contributed by atoms with van der Waals surface area (Å²) in [6.07, 6.45) is 2.40. The molecular formula is C12H22N2S. The van der Waals surface area contributed by atoms with E-state index in [1.165, 1.54) is 18.5 Å². The molecule has 1 N–H and O–H groups in total. The Morgan fingerprint density at radius 1 is 1.33 bits per heavy atom. The third-order valence-electron chi connectivity index (χ3n) is 2.45. The highest BCUT2D eigenvalue weighted by Gasteiger charge is 1.96. The maximum absolute atomic E-state index is 3.48. The molecule has 0 amide bonds. The van der Waals surface area contributed by atoms with E-state index in [1.54, 1.807) is 11.3 Å². The van der Waals surface area contributed by atoms with E-state index < -0.39 is 0 Å². The highest BCUT2D eigenvalue weighted by Crippen LogP contribution is 2.05. The van der Waals surface area contributed by atoms with E-state index in [-0.39, 0.29) is 0 Å². The average molecular weight is 226 g/mol. The van der Waals surface area contributed by atoms with E-state index in [0.29, 0.717) is 0 Å². The van der Waals surface area contributed by atoms with E-state index >= 15 is 0 Å². The van der Waals surface area contributed by atoms with Crippen molar-refractivity contribution in [3.63, 3.8) is 0 Å². The summed E-state index contributed by atoms with van der Waals surface area (Å²) < 4.78 is 0. The van der Waals surface area contributed by atoms with E-state index in [9.17, 15) is 0 Å². The van der Waals surface area contributed by atoms with Crippen LogP contribution in [0.5, 0.6) is 0 Å². The Labute approximate surface area is 97.3 Å². The molecule has 1 rings (SSSR count). The van der Waals surface area contributed by atoms with Crippen LogP contribution < -0.4 is 5.32 Å². The molecule has 3 heteroatoms. The summed E-state index contributed by atoms with van der Waals surface area (Å²) >= 11 is 1.78. The van der Waals surface area contributed by atoms with Gasteiger partial charge in [-0.2, -0.15) is 11.3 Å². The molecule has 86 valence electrons. The average Bonchev–Trinajstić information content (AvgIpc) is 2.70. The lowest BCUT2D eigenvalue weighted by Crippen LogP contribution is -2.30. The van der Waals surface area contributed by atoms with Crippen molar-refractivity contribution < 1.29 is 0 Å². The van der Waals surface area contributed by atoms with Crippen LogP contribution in [-0.2, 0) is 6.42 Å². The van der Waals surface area contributed by atoms with Gasteiger partial charge in [0.15, 0.2) is 0 Å². The second-order valence-corrected chi connectivity index (χ2v) is 4.71. The van der Waals surface area contributed by atoms with Gasteiger partial charge >= 0.3 is 0 Å². The summed E-state index contributed by atoms with van der Waals surface area (Å²) in [5.74, 6) is 0. The molecule has 1 heterocycles. The molecule has 0 bridgehead atoms. The minimum Gasteiger partial charge on any atom is -0.315 e. The van der Waals surface area contributed by atoms with Crippen molar-refractivity contribution in [3.8, 4) is 0 Å². The largest absolute Gasteiger partial charge is 0.315 e. The normalized spacial score (nSPS) is 11.1. The molecule has 0 spiro atoms. The Kier molecular flexibility index (Phi) is 6.64. The maximum Gasteiger partial charge on any atom is 0.0104 e. The van der Waals surface area contributed by atoms with Crippen molar-refractivity contribution in [3.05, 3.63) is 22.4 Å². The Hall–Kier alpha value is -0.380. The molecule has 0 unspecified atom stereocenters. The molecule has 2 nitrogen and oxygen atoms in total. The molecule has 0 saturated heterocycles. The van der Waals surface area contributed by atoms with Gasteiger partial charge in [-0.15, -0.1) is 0 Å². The van der Waals surface area contributed by atoms with Gasteiger partial charge in [0.2, 0.25) is 0 Å². The van der Waals surface area contributed by atoms with Crippen LogP contribution in [0, 0.1) is 0 Å². The highest BCUT2D eigenvalue weighted by molar-refractivity contribution is 7.07. The lowest BCUT2D eigenvalue weighted by atomic mass is 10.2. The SMILES string of the molecule is CCCN(C)CCNCCc1ccsc1. The second kappa shape index (κ2) is 7.85. The molecule has 0 aromatic carbocycles. The fourth-order valence-electron chi connectivity index (χ4n) is 1.56. The number of likely N-dealkylation sites (N-methyl/N-ethyl adjacent to an activating group) is 1. The summed E-state index contributed by atoms with van der Waals surface area (Å²) in [4.78, 5) is 2.37. The first-order valence-electron chi connectivity index (χ1n) is 5.73. The lowest BCUT2D eigenvalue weighted by Gasteiger charge is -2.15. The van der Waals surface area contributed by atoms with Crippen LogP contribution in [0.2, 0.25) is 0 Å².